The Morgan fingerprint density at radius 2 is 1.70 bits per heavy atom. The van der Waals surface area contributed by atoms with Crippen molar-refractivity contribution in [2.45, 2.75) is 39.0 Å². The van der Waals surface area contributed by atoms with Crippen LogP contribution in [0.2, 0.25) is 0 Å². The fourth-order valence-electron chi connectivity index (χ4n) is 3.47. The molecule has 2 aromatic rings. The molecule has 2 heteroatoms. The highest BCUT2D eigenvalue weighted by atomic mass is 15.1. The minimum Gasteiger partial charge on any atom is -0.261 e. The normalized spacial score (nSPS) is 16.1. The highest BCUT2D eigenvalue weighted by Gasteiger charge is 2.44. The Morgan fingerprint density at radius 3 is 2.43 bits per heavy atom. The van der Waals surface area contributed by atoms with Gasteiger partial charge in [-0.15, -0.1) is 0 Å². The van der Waals surface area contributed by atoms with E-state index < -0.39 is 0 Å². The van der Waals surface area contributed by atoms with Crippen molar-refractivity contribution >= 4 is 23.3 Å². The summed E-state index contributed by atoms with van der Waals surface area (Å²) in [4.78, 5) is 4.62. The molecule has 2 aromatic carbocycles. The maximum absolute atomic E-state index is 4.62. The van der Waals surface area contributed by atoms with E-state index in [0.29, 0.717) is 0 Å². The highest BCUT2D eigenvalue weighted by Crippen LogP contribution is 2.40. The van der Waals surface area contributed by atoms with Crippen molar-refractivity contribution in [1.82, 2.24) is 0 Å². The van der Waals surface area contributed by atoms with Gasteiger partial charge in [0.25, 0.3) is 0 Å². The van der Waals surface area contributed by atoms with Crippen LogP contribution in [0.4, 0.5) is 11.4 Å². The molecule has 1 aliphatic rings. The summed E-state index contributed by atoms with van der Waals surface area (Å²) in [5.74, 6) is 0. The third kappa shape index (κ3) is 2.98. The van der Waals surface area contributed by atoms with Gasteiger partial charge < -0.3 is 0 Å². The predicted molar refractivity (Wildman–Crippen MR) is 98.8 cm³/mol. The van der Waals surface area contributed by atoms with Crippen LogP contribution in [-0.4, -0.2) is 23.0 Å². The first-order chi connectivity index (χ1) is 11.1. The minimum absolute atomic E-state index is 0.0640. The van der Waals surface area contributed by atoms with Gasteiger partial charge in [0.1, 0.15) is 6.54 Å². The van der Waals surface area contributed by atoms with Gasteiger partial charge in [-0.1, -0.05) is 43.3 Å². The molecule has 0 aromatic heterocycles. The van der Waals surface area contributed by atoms with Crippen molar-refractivity contribution < 1.29 is 4.58 Å². The second-order valence-corrected chi connectivity index (χ2v) is 6.59. The van der Waals surface area contributed by atoms with E-state index in [9.17, 15) is 0 Å². The fraction of sp³-hybridized carbons (Fsp3) is 0.333. The summed E-state index contributed by atoms with van der Waals surface area (Å²) < 4.78 is 2.49. The lowest BCUT2D eigenvalue weighted by Crippen LogP contribution is -2.29. The summed E-state index contributed by atoms with van der Waals surface area (Å²) in [6.45, 7) is 7.96. The van der Waals surface area contributed by atoms with Gasteiger partial charge in [-0.05, 0) is 26.0 Å². The van der Waals surface area contributed by atoms with E-state index in [0.717, 1.165) is 25.1 Å². The van der Waals surface area contributed by atoms with Gasteiger partial charge in [0.2, 0.25) is 5.69 Å². The second kappa shape index (κ2) is 6.49. The van der Waals surface area contributed by atoms with E-state index >= 15 is 0 Å². The van der Waals surface area contributed by atoms with Crippen LogP contribution in [0.1, 0.15) is 39.2 Å². The van der Waals surface area contributed by atoms with E-state index in [1.807, 2.05) is 30.3 Å². The van der Waals surface area contributed by atoms with Gasteiger partial charge in [0.05, 0.1) is 17.5 Å². The molecule has 0 amide bonds. The molecule has 1 aliphatic heterocycles. The first-order valence-corrected chi connectivity index (χ1v) is 8.45. The number of hydrogen-bond acceptors (Lipinski definition) is 1. The van der Waals surface area contributed by atoms with Crippen molar-refractivity contribution in [1.29, 1.82) is 0 Å². The van der Waals surface area contributed by atoms with E-state index in [1.165, 1.54) is 17.0 Å². The van der Waals surface area contributed by atoms with E-state index in [4.69, 9.17) is 0 Å². The van der Waals surface area contributed by atoms with Crippen molar-refractivity contribution in [2.24, 2.45) is 4.99 Å². The number of para-hydroxylation sites is 2. The standard InChI is InChI=1S/C21H25N2/c1-4-16-23-19-13-9-8-12-18(19)21(2,3)20(23)14-15-22-17-10-6-5-7-11-17/h5-13,15H,4,14,16H2,1-3H3/q+1. The first-order valence-electron chi connectivity index (χ1n) is 8.45. The highest BCUT2D eigenvalue weighted by molar-refractivity contribution is 6.02. The number of benzene rings is 2. The van der Waals surface area contributed by atoms with Crippen LogP contribution in [0, 0.1) is 0 Å². The van der Waals surface area contributed by atoms with Crippen LogP contribution in [0.3, 0.4) is 0 Å². The predicted octanol–water partition coefficient (Wildman–Crippen LogP) is 5.27. The number of hydrogen-bond donors (Lipinski definition) is 0. The van der Waals surface area contributed by atoms with Crippen LogP contribution >= 0.6 is 0 Å². The van der Waals surface area contributed by atoms with Crippen LogP contribution in [0.25, 0.3) is 0 Å². The molecule has 2 nitrogen and oxygen atoms in total. The van der Waals surface area contributed by atoms with E-state index in [-0.39, 0.29) is 5.41 Å². The maximum atomic E-state index is 4.62. The summed E-state index contributed by atoms with van der Waals surface area (Å²) >= 11 is 0. The zero-order chi connectivity index (χ0) is 16.3. The molecule has 0 N–H and O–H groups in total. The molecule has 118 valence electrons. The number of aliphatic imine (C=N–C) groups is 1. The molecule has 1 heterocycles. The maximum Gasteiger partial charge on any atom is 0.209 e. The van der Waals surface area contributed by atoms with Gasteiger partial charge in [0.15, 0.2) is 5.71 Å². The molecule has 0 unspecified atom stereocenters. The molecule has 0 fully saturated rings. The Hall–Kier alpha value is -2.22. The van der Waals surface area contributed by atoms with Crippen LogP contribution in [-0.2, 0) is 5.41 Å². The topological polar surface area (TPSA) is 15.4 Å². The Labute approximate surface area is 139 Å². The Morgan fingerprint density at radius 1 is 1.00 bits per heavy atom. The summed E-state index contributed by atoms with van der Waals surface area (Å²) in [6.07, 6.45) is 4.08. The second-order valence-electron chi connectivity index (χ2n) is 6.59. The smallest absolute Gasteiger partial charge is 0.209 e. The van der Waals surface area contributed by atoms with Gasteiger partial charge in [-0.3, -0.25) is 4.99 Å². The van der Waals surface area contributed by atoms with Crippen molar-refractivity contribution in [2.75, 3.05) is 6.54 Å². The lowest BCUT2D eigenvalue weighted by Gasteiger charge is -2.16. The van der Waals surface area contributed by atoms with Crippen molar-refractivity contribution in [3.8, 4) is 0 Å². The summed E-state index contributed by atoms with van der Waals surface area (Å²) in [6, 6.07) is 18.9. The molecule has 3 rings (SSSR count). The SMILES string of the molecule is CCC[N+]1=C(CC=Nc2ccccc2)C(C)(C)c2ccccc21. The van der Waals surface area contributed by atoms with Crippen molar-refractivity contribution in [3.63, 3.8) is 0 Å². The van der Waals surface area contributed by atoms with Gasteiger partial charge >= 0.3 is 0 Å². The molecule has 0 aliphatic carbocycles. The molecule has 0 spiro atoms. The average Bonchev–Trinajstić information content (AvgIpc) is 2.78. The molecule has 0 atom stereocenters. The van der Waals surface area contributed by atoms with E-state index in [1.54, 1.807) is 0 Å². The zero-order valence-corrected chi connectivity index (χ0v) is 14.3. The summed E-state index contributed by atoms with van der Waals surface area (Å²) in [7, 11) is 0. The number of rotatable bonds is 5. The fourth-order valence-corrected chi connectivity index (χ4v) is 3.47. The molecule has 0 radical (unpaired) electrons. The first kappa shape index (κ1) is 15.7. The lowest BCUT2D eigenvalue weighted by molar-refractivity contribution is -0.439. The van der Waals surface area contributed by atoms with Gasteiger partial charge in [-0.2, -0.15) is 4.58 Å². The van der Waals surface area contributed by atoms with Gasteiger partial charge in [0, 0.05) is 24.3 Å². The Bertz CT molecular complexity index is 739. The molecular weight excluding hydrogens is 280 g/mol. The monoisotopic (exact) mass is 305 g/mol. The third-order valence-electron chi connectivity index (χ3n) is 4.64. The van der Waals surface area contributed by atoms with Crippen molar-refractivity contribution in [3.05, 3.63) is 60.2 Å². The average molecular weight is 305 g/mol. The van der Waals surface area contributed by atoms with E-state index in [2.05, 4.69) is 60.8 Å². The van der Waals surface area contributed by atoms with Gasteiger partial charge in [-0.25, -0.2) is 0 Å². The summed E-state index contributed by atoms with van der Waals surface area (Å²) in [5, 5.41) is 0. The Kier molecular flexibility index (Phi) is 4.42. The number of nitrogens with zero attached hydrogens (tertiary/aromatic N) is 2. The number of fused-ring (bicyclic) bond motifs is 1. The molecule has 0 saturated carbocycles. The molecule has 0 bridgehead atoms. The largest absolute Gasteiger partial charge is 0.261 e. The third-order valence-corrected chi connectivity index (χ3v) is 4.64. The molecular formula is C21H25N2+. The summed E-state index contributed by atoms with van der Waals surface area (Å²) in [5.41, 5.74) is 5.32. The van der Waals surface area contributed by atoms with Crippen LogP contribution in [0.15, 0.2) is 59.6 Å². The molecule has 23 heavy (non-hydrogen) atoms. The van der Waals surface area contributed by atoms with Crippen LogP contribution in [0.5, 0.6) is 0 Å². The van der Waals surface area contributed by atoms with Crippen LogP contribution < -0.4 is 0 Å². The lowest BCUT2D eigenvalue weighted by atomic mass is 9.80. The quantitative estimate of drug-likeness (QED) is 0.528. The Balaban J connectivity index is 1.92. The minimum atomic E-state index is 0.0640. The zero-order valence-electron chi connectivity index (χ0n) is 14.3. The molecule has 0 saturated heterocycles.